The van der Waals surface area contributed by atoms with Crippen LogP contribution < -0.4 is 10.2 Å². The number of benzene rings is 1. The van der Waals surface area contributed by atoms with Crippen LogP contribution in [0.5, 0.6) is 0 Å². The number of unbranched alkanes of at least 4 members (excludes halogenated alkanes) is 1. The fraction of sp³-hybridized carbons (Fsp3) is 0.350. The molecule has 1 N–H and O–H groups in total. The maximum atomic E-state index is 12.5. The van der Waals surface area contributed by atoms with Crippen molar-refractivity contribution in [1.82, 2.24) is 4.98 Å². The third-order valence-corrected chi connectivity index (χ3v) is 4.72. The number of hydrogen-bond acceptors (Lipinski definition) is 6. The molecule has 0 unspecified atom stereocenters. The van der Waals surface area contributed by atoms with Gasteiger partial charge in [0.1, 0.15) is 11.3 Å². The number of nitrogens with one attached hydrogen (secondary N) is 1. The van der Waals surface area contributed by atoms with E-state index in [-0.39, 0.29) is 16.9 Å². The summed E-state index contributed by atoms with van der Waals surface area (Å²) in [5.74, 6) is -0.519. The maximum absolute atomic E-state index is 12.5. The van der Waals surface area contributed by atoms with Crippen molar-refractivity contribution in [3.63, 3.8) is 0 Å². The number of pyridine rings is 1. The first-order valence-electron chi connectivity index (χ1n) is 9.29. The number of nitro groups is 1. The van der Waals surface area contributed by atoms with Gasteiger partial charge in [-0.1, -0.05) is 13.3 Å². The zero-order chi connectivity index (χ0) is 21.2. The second-order valence-electron chi connectivity index (χ2n) is 7.22. The van der Waals surface area contributed by atoms with Crippen LogP contribution in [-0.4, -0.2) is 28.5 Å². The molecule has 3 rings (SSSR count). The number of carbonyl (C=O) groups is 2. The van der Waals surface area contributed by atoms with Crippen LogP contribution in [0.3, 0.4) is 0 Å². The molecule has 0 saturated heterocycles. The molecule has 0 spiro atoms. The minimum atomic E-state index is -1.00. The number of anilines is 2. The molecule has 1 aromatic carbocycles. The van der Waals surface area contributed by atoms with Crippen LogP contribution in [0.25, 0.3) is 0 Å². The second-order valence-corrected chi connectivity index (χ2v) is 7.22. The number of fused-ring (bicyclic) bond motifs is 1. The summed E-state index contributed by atoms with van der Waals surface area (Å²) in [6.45, 7) is 5.79. The highest BCUT2D eigenvalue weighted by molar-refractivity contribution is 6.06. The van der Waals surface area contributed by atoms with Gasteiger partial charge in [-0.3, -0.25) is 24.8 Å². The van der Waals surface area contributed by atoms with Crippen molar-refractivity contribution in [3.05, 3.63) is 57.9 Å². The molecule has 9 heteroatoms. The van der Waals surface area contributed by atoms with Gasteiger partial charge < -0.3 is 10.1 Å². The Morgan fingerprint density at radius 2 is 2.14 bits per heavy atom. The van der Waals surface area contributed by atoms with E-state index in [1.807, 2.05) is 6.92 Å². The molecule has 0 aliphatic carbocycles. The highest BCUT2D eigenvalue weighted by Crippen LogP contribution is 2.44. The number of cyclic esters (lactones) is 1. The third kappa shape index (κ3) is 4.03. The number of amides is 2. The van der Waals surface area contributed by atoms with Gasteiger partial charge in [0.15, 0.2) is 0 Å². The van der Waals surface area contributed by atoms with Crippen LogP contribution in [0.15, 0.2) is 36.7 Å². The van der Waals surface area contributed by atoms with Crippen molar-refractivity contribution in [2.45, 2.75) is 39.2 Å². The van der Waals surface area contributed by atoms with E-state index in [0.717, 1.165) is 12.8 Å². The average molecular weight is 398 g/mol. The van der Waals surface area contributed by atoms with Crippen LogP contribution in [0.1, 0.15) is 49.5 Å². The highest BCUT2D eigenvalue weighted by atomic mass is 16.6. The molecule has 2 amide bonds. The maximum Gasteiger partial charge on any atom is 0.415 e. The Bertz CT molecular complexity index is 959. The van der Waals surface area contributed by atoms with E-state index in [4.69, 9.17) is 4.74 Å². The Balaban J connectivity index is 2.08. The lowest BCUT2D eigenvalue weighted by Gasteiger charge is -2.38. The number of ether oxygens (including phenoxy) is 1. The number of nitrogens with zero attached hydrogens (tertiary/aromatic N) is 3. The molecule has 1 aliphatic heterocycles. The number of hydrogen-bond donors (Lipinski definition) is 1. The number of carbonyl (C=O) groups excluding carboxylic acids is 2. The van der Waals surface area contributed by atoms with Gasteiger partial charge in [0.25, 0.3) is 11.6 Å². The monoisotopic (exact) mass is 398 g/mol. The molecule has 9 nitrogen and oxygen atoms in total. The lowest BCUT2D eigenvalue weighted by atomic mass is 9.92. The Labute approximate surface area is 167 Å². The number of nitro benzene ring substituents is 1. The van der Waals surface area contributed by atoms with E-state index in [2.05, 4.69) is 10.3 Å². The minimum absolute atomic E-state index is 0.0315. The zero-order valence-corrected chi connectivity index (χ0v) is 16.5. The van der Waals surface area contributed by atoms with Crippen molar-refractivity contribution < 1.29 is 19.2 Å². The van der Waals surface area contributed by atoms with Gasteiger partial charge in [-0.15, -0.1) is 0 Å². The van der Waals surface area contributed by atoms with Gasteiger partial charge in [0.05, 0.1) is 16.2 Å². The van der Waals surface area contributed by atoms with E-state index in [1.165, 1.54) is 29.4 Å². The van der Waals surface area contributed by atoms with Crippen LogP contribution in [0.2, 0.25) is 0 Å². The molecule has 0 radical (unpaired) electrons. The van der Waals surface area contributed by atoms with Crippen molar-refractivity contribution in [2.24, 2.45) is 0 Å². The van der Waals surface area contributed by atoms with Crippen molar-refractivity contribution in [3.8, 4) is 0 Å². The van der Waals surface area contributed by atoms with E-state index >= 15 is 0 Å². The molecule has 1 aliphatic rings. The summed E-state index contributed by atoms with van der Waals surface area (Å²) in [6.07, 6.45) is 3.93. The lowest BCUT2D eigenvalue weighted by Crippen LogP contribution is -2.44. The molecule has 2 heterocycles. The molecule has 0 saturated carbocycles. The Kier molecular flexibility index (Phi) is 5.49. The first-order chi connectivity index (χ1) is 13.7. The molecule has 1 aromatic heterocycles. The summed E-state index contributed by atoms with van der Waals surface area (Å²) in [6, 6.07) is 5.99. The number of aromatic nitrogens is 1. The summed E-state index contributed by atoms with van der Waals surface area (Å²) < 4.78 is 5.55. The molecular formula is C20H22N4O5. The summed E-state index contributed by atoms with van der Waals surface area (Å²) in [5, 5.41) is 14.3. The topological polar surface area (TPSA) is 115 Å². The van der Waals surface area contributed by atoms with Crippen LogP contribution >= 0.6 is 0 Å². The second kappa shape index (κ2) is 7.86. The van der Waals surface area contributed by atoms with Gasteiger partial charge in [-0.05, 0) is 38.5 Å². The summed E-state index contributed by atoms with van der Waals surface area (Å²) in [4.78, 5) is 41.4. The van der Waals surface area contributed by atoms with Crippen LogP contribution in [-0.2, 0) is 10.3 Å². The molecule has 152 valence electrons. The van der Waals surface area contributed by atoms with E-state index in [1.54, 1.807) is 26.0 Å². The molecular weight excluding hydrogens is 376 g/mol. The normalized spacial score (nSPS) is 14.7. The zero-order valence-electron chi connectivity index (χ0n) is 16.5. The minimum Gasteiger partial charge on any atom is -0.438 e. The summed E-state index contributed by atoms with van der Waals surface area (Å²) >= 11 is 0. The lowest BCUT2D eigenvalue weighted by molar-refractivity contribution is -0.383. The molecule has 0 fully saturated rings. The summed E-state index contributed by atoms with van der Waals surface area (Å²) in [7, 11) is 0. The number of rotatable bonds is 6. The fourth-order valence-electron chi connectivity index (χ4n) is 3.18. The average Bonchev–Trinajstić information content (AvgIpc) is 2.68. The smallest absolute Gasteiger partial charge is 0.415 e. The first kappa shape index (κ1) is 20.2. The first-order valence-corrected chi connectivity index (χ1v) is 9.29. The standard InChI is InChI=1S/C20H22N4O5/c1-4-5-9-23-16-11-17(24(27)28)15(10-14(16)20(2,3)29-19(23)26)22-18(25)13-7-6-8-21-12-13/h6-8,10-12H,4-5,9H2,1-3H3,(H,22,25). The molecule has 2 aromatic rings. The quantitative estimate of drug-likeness (QED) is 0.575. The SMILES string of the molecule is CCCCN1C(=O)OC(C)(C)c2cc(NC(=O)c3cccnc3)c([N+](=O)[O-])cc21. The third-order valence-electron chi connectivity index (χ3n) is 4.72. The fourth-order valence-corrected chi connectivity index (χ4v) is 3.18. The Hall–Kier alpha value is -3.49. The van der Waals surface area contributed by atoms with Gasteiger partial charge in [0.2, 0.25) is 0 Å². The van der Waals surface area contributed by atoms with Gasteiger partial charge >= 0.3 is 6.09 Å². The van der Waals surface area contributed by atoms with E-state index < -0.39 is 22.5 Å². The highest BCUT2D eigenvalue weighted by Gasteiger charge is 2.40. The molecule has 0 bridgehead atoms. The van der Waals surface area contributed by atoms with Gasteiger partial charge in [0, 0.05) is 30.6 Å². The van der Waals surface area contributed by atoms with Gasteiger partial charge in [-0.2, -0.15) is 0 Å². The van der Waals surface area contributed by atoms with Crippen LogP contribution in [0.4, 0.5) is 21.9 Å². The van der Waals surface area contributed by atoms with Crippen molar-refractivity contribution >= 4 is 29.1 Å². The largest absolute Gasteiger partial charge is 0.438 e. The van der Waals surface area contributed by atoms with Gasteiger partial charge in [-0.25, -0.2) is 4.79 Å². The molecule has 29 heavy (non-hydrogen) atoms. The van der Waals surface area contributed by atoms with E-state index in [9.17, 15) is 19.7 Å². The molecule has 0 atom stereocenters. The Morgan fingerprint density at radius 1 is 1.38 bits per heavy atom. The van der Waals surface area contributed by atoms with Crippen molar-refractivity contribution in [1.29, 1.82) is 0 Å². The van der Waals surface area contributed by atoms with Crippen molar-refractivity contribution in [2.75, 3.05) is 16.8 Å². The summed E-state index contributed by atoms with van der Waals surface area (Å²) in [5.41, 5.74) is 0.0100. The predicted octanol–water partition coefficient (Wildman–Crippen LogP) is 4.23. The predicted molar refractivity (Wildman–Crippen MR) is 107 cm³/mol. The van der Waals surface area contributed by atoms with Crippen LogP contribution in [0, 0.1) is 10.1 Å². The Morgan fingerprint density at radius 3 is 2.76 bits per heavy atom. The van der Waals surface area contributed by atoms with E-state index in [0.29, 0.717) is 17.8 Å².